The number of aryl methyl sites for hydroxylation is 2. The van der Waals surface area contributed by atoms with E-state index in [0.29, 0.717) is 12.2 Å². The third kappa shape index (κ3) is 4.93. The number of rotatable bonds is 7. The van der Waals surface area contributed by atoms with E-state index in [1.165, 1.54) is 4.68 Å². The Morgan fingerprint density at radius 3 is 2.50 bits per heavy atom. The maximum atomic E-state index is 12.4. The molecule has 0 aliphatic heterocycles. The van der Waals surface area contributed by atoms with Gasteiger partial charge >= 0.3 is 0 Å². The Morgan fingerprint density at radius 1 is 1.10 bits per heavy atom. The molecular weight excluding hydrogens is 384 g/mol. The molecule has 9 heteroatoms. The predicted molar refractivity (Wildman–Crippen MR) is 113 cm³/mol. The zero-order valence-corrected chi connectivity index (χ0v) is 17.1. The second kappa shape index (κ2) is 9.08. The Balaban J connectivity index is 1.59. The lowest BCUT2D eigenvalue weighted by atomic mass is 10.1. The normalized spacial score (nSPS) is 10.5. The van der Waals surface area contributed by atoms with Crippen molar-refractivity contribution in [2.24, 2.45) is 0 Å². The Kier molecular flexibility index (Phi) is 6.31. The summed E-state index contributed by atoms with van der Waals surface area (Å²) in [5.41, 5.74) is 9.73. The van der Waals surface area contributed by atoms with Crippen molar-refractivity contribution in [3.8, 4) is 5.75 Å². The molecule has 2 aromatic carbocycles. The molecule has 30 heavy (non-hydrogen) atoms. The van der Waals surface area contributed by atoms with Crippen LogP contribution in [0.3, 0.4) is 0 Å². The van der Waals surface area contributed by atoms with Crippen molar-refractivity contribution < 1.29 is 14.3 Å². The SMILES string of the molecule is COc1ccc(CNC(=O)c2nnn(CC(=O)Nc3ccc(C)c(C)c3)c2N)cc1. The highest BCUT2D eigenvalue weighted by Crippen LogP contribution is 2.15. The number of anilines is 2. The molecule has 2 amide bonds. The van der Waals surface area contributed by atoms with E-state index in [-0.39, 0.29) is 24.0 Å². The van der Waals surface area contributed by atoms with Gasteiger partial charge in [0.25, 0.3) is 5.91 Å². The van der Waals surface area contributed by atoms with E-state index < -0.39 is 5.91 Å². The minimum atomic E-state index is -0.468. The standard InChI is InChI=1S/C21H24N6O3/c1-13-4-7-16(10-14(13)2)24-18(28)12-27-20(22)19(25-26-27)21(29)23-11-15-5-8-17(30-3)9-6-15/h4-10H,11-12,22H2,1-3H3,(H,23,29)(H,24,28). The largest absolute Gasteiger partial charge is 0.497 e. The number of nitrogens with two attached hydrogens (primary N) is 1. The van der Waals surface area contributed by atoms with Crippen molar-refractivity contribution >= 4 is 23.3 Å². The number of carbonyl (C=O) groups excluding carboxylic acids is 2. The predicted octanol–water partition coefficient (Wildman–Crippen LogP) is 2.05. The van der Waals surface area contributed by atoms with Crippen LogP contribution in [0.1, 0.15) is 27.2 Å². The van der Waals surface area contributed by atoms with Gasteiger partial charge in [-0.1, -0.05) is 23.4 Å². The van der Waals surface area contributed by atoms with Crippen molar-refractivity contribution in [3.05, 3.63) is 64.8 Å². The number of amides is 2. The Hall–Kier alpha value is -3.88. The first-order valence-corrected chi connectivity index (χ1v) is 9.34. The number of aromatic nitrogens is 3. The van der Waals surface area contributed by atoms with E-state index >= 15 is 0 Å². The molecule has 0 saturated carbocycles. The van der Waals surface area contributed by atoms with Gasteiger partial charge in [-0.2, -0.15) is 0 Å². The van der Waals surface area contributed by atoms with Gasteiger partial charge in [-0.05, 0) is 54.8 Å². The molecular formula is C21H24N6O3. The van der Waals surface area contributed by atoms with Crippen molar-refractivity contribution in [3.63, 3.8) is 0 Å². The van der Waals surface area contributed by atoms with Gasteiger partial charge in [-0.15, -0.1) is 5.10 Å². The highest BCUT2D eigenvalue weighted by Gasteiger charge is 2.19. The van der Waals surface area contributed by atoms with Gasteiger partial charge in [0, 0.05) is 12.2 Å². The summed E-state index contributed by atoms with van der Waals surface area (Å²) < 4.78 is 6.30. The van der Waals surface area contributed by atoms with Gasteiger partial charge in [0.05, 0.1) is 7.11 Å². The van der Waals surface area contributed by atoms with E-state index in [1.54, 1.807) is 19.2 Å². The summed E-state index contributed by atoms with van der Waals surface area (Å²) in [4.78, 5) is 24.7. The first-order chi connectivity index (χ1) is 14.4. The quantitative estimate of drug-likeness (QED) is 0.550. The molecule has 0 aliphatic carbocycles. The number of nitrogens with zero attached hydrogens (tertiary/aromatic N) is 3. The molecule has 0 bridgehead atoms. The summed E-state index contributed by atoms with van der Waals surface area (Å²) in [5, 5.41) is 13.2. The average Bonchev–Trinajstić information content (AvgIpc) is 3.09. The smallest absolute Gasteiger partial charge is 0.275 e. The highest BCUT2D eigenvalue weighted by molar-refractivity contribution is 5.96. The lowest BCUT2D eigenvalue weighted by Gasteiger charge is -2.08. The molecule has 3 rings (SSSR count). The van der Waals surface area contributed by atoms with Gasteiger partial charge < -0.3 is 21.1 Å². The second-order valence-electron chi connectivity index (χ2n) is 6.86. The molecule has 0 spiro atoms. The summed E-state index contributed by atoms with van der Waals surface area (Å²) in [5.74, 6) is -0.0296. The summed E-state index contributed by atoms with van der Waals surface area (Å²) in [6.07, 6.45) is 0. The van der Waals surface area contributed by atoms with Crippen molar-refractivity contribution in [2.75, 3.05) is 18.2 Å². The van der Waals surface area contributed by atoms with Crippen molar-refractivity contribution in [2.45, 2.75) is 26.9 Å². The Morgan fingerprint density at radius 2 is 1.83 bits per heavy atom. The molecule has 3 aromatic rings. The first-order valence-electron chi connectivity index (χ1n) is 9.34. The van der Waals surface area contributed by atoms with Gasteiger partial charge in [0.15, 0.2) is 11.5 Å². The number of hydrogen-bond donors (Lipinski definition) is 3. The molecule has 0 atom stereocenters. The molecule has 4 N–H and O–H groups in total. The fourth-order valence-corrected chi connectivity index (χ4v) is 2.76. The number of carbonyl (C=O) groups is 2. The van der Waals surface area contributed by atoms with Crippen LogP contribution in [0.25, 0.3) is 0 Å². The molecule has 0 fully saturated rings. The Bertz CT molecular complexity index is 1060. The molecule has 0 aliphatic rings. The zero-order valence-electron chi connectivity index (χ0n) is 17.1. The molecule has 0 unspecified atom stereocenters. The third-order valence-electron chi connectivity index (χ3n) is 4.68. The maximum absolute atomic E-state index is 12.4. The summed E-state index contributed by atoms with van der Waals surface area (Å²) in [6, 6.07) is 12.9. The highest BCUT2D eigenvalue weighted by atomic mass is 16.5. The van der Waals surface area contributed by atoms with E-state index in [0.717, 1.165) is 22.4 Å². The van der Waals surface area contributed by atoms with Crippen LogP contribution in [0.5, 0.6) is 5.75 Å². The average molecular weight is 408 g/mol. The molecule has 0 radical (unpaired) electrons. The van der Waals surface area contributed by atoms with E-state index in [1.807, 2.05) is 44.2 Å². The van der Waals surface area contributed by atoms with Crippen LogP contribution in [-0.2, 0) is 17.9 Å². The van der Waals surface area contributed by atoms with Crippen LogP contribution in [0.4, 0.5) is 11.5 Å². The minimum absolute atomic E-state index is 0.0254. The summed E-state index contributed by atoms with van der Waals surface area (Å²) >= 11 is 0. The third-order valence-corrected chi connectivity index (χ3v) is 4.68. The number of hydrogen-bond acceptors (Lipinski definition) is 6. The van der Waals surface area contributed by atoms with Crippen LogP contribution in [0.15, 0.2) is 42.5 Å². The van der Waals surface area contributed by atoms with Crippen molar-refractivity contribution in [1.82, 2.24) is 20.3 Å². The number of nitrogens with one attached hydrogen (secondary N) is 2. The second-order valence-corrected chi connectivity index (χ2v) is 6.86. The maximum Gasteiger partial charge on any atom is 0.275 e. The topological polar surface area (TPSA) is 124 Å². The van der Waals surface area contributed by atoms with Gasteiger partial charge in [0.2, 0.25) is 5.91 Å². The fourth-order valence-electron chi connectivity index (χ4n) is 2.76. The Labute approximate surface area is 174 Å². The molecule has 156 valence electrons. The van der Waals surface area contributed by atoms with Crippen LogP contribution >= 0.6 is 0 Å². The lowest BCUT2D eigenvalue weighted by molar-refractivity contribution is -0.116. The van der Waals surface area contributed by atoms with Crippen LogP contribution in [0.2, 0.25) is 0 Å². The lowest BCUT2D eigenvalue weighted by Crippen LogP contribution is -2.25. The van der Waals surface area contributed by atoms with E-state index in [2.05, 4.69) is 20.9 Å². The molecule has 9 nitrogen and oxygen atoms in total. The van der Waals surface area contributed by atoms with Crippen molar-refractivity contribution in [1.29, 1.82) is 0 Å². The molecule has 1 heterocycles. The van der Waals surface area contributed by atoms with Gasteiger partial charge in [-0.3, -0.25) is 9.59 Å². The summed E-state index contributed by atoms with van der Waals surface area (Å²) in [7, 11) is 1.59. The minimum Gasteiger partial charge on any atom is -0.497 e. The van der Waals surface area contributed by atoms with Crippen LogP contribution < -0.4 is 21.1 Å². The summed E-state index contributed by atoms with van der Waals surface area (Å²) in [6.45, 7) is 4.11. The van der Waals surface area contributed by atoms with Gasteiger partial charge in [0.1, 0.15) is 12.3 Å². The number of nitrogen functional groups attached to an aromatic ring is 1. The van der Waals surface area contributed by atoms with E-state index in [9.17, 15) is 9.59 Å². The number of methoxy groups -OCH3 is 1. The monoisotopic (exact) mass is 408 g/mol. The first kappa shape index (κ1) is 20.8. The van der Waals surface area contributed by atoms with Crippen LogP contribution in [-0.4, -0.2) is 33.9 Å². The molecule has 0 saturated heterocycles. The van der Waals surface area contributed by atoms with Crippen LogP contribution in [0, 0.1) is 13.8 Å². The van der Waals surface area contributed by atoms with Gasteiger partial charge in [-0.25, -0.2) is 4.68 Å². The fraction of sp³-hybridized carbons (Fsp3) is 0.238. The number of benzene rings is 2. The van der Waals surface area contributed by atoms with E-state index in [4.69, 9.17) is 10.5 Å². The zero-order chi connectivity index (χ0) is 21.7. The molecule has 1 aromatic heterocycles. The number of ether oxygens (including phenoxy) is 1.